The first-order valence-corrected chi connectivity index (χ1v) is 7.95. The number of benzene rings is 2. The topological polar surface area (TPSA) is 46.2 Å². The van der Waals surface area contributed by atoms with Gasteiger partial charge in [0.2, 0.25) is 5.91 Å². The zero-order valence-corrected chi connectivity index (χ0v) is 14.0. The Hall–Kier alpha value is -1.94. The van der Waals surface area contributed by atoms with Crippen molar-refractivity contribution in [2.24, 2.45) is 0 Å². The lowest BCUT2D eigenvalue weighted by Gasteiger charge is -2.07. The number of ketones is 1. The summed E-state index contributed by atoms with van der Waals surface area (Å²) in [5.74, 6) is -0.118. The second-order valence-electron chi connectivity index (χ2n) is 5.13. The second-order valence-corrected chi connectivity index (χ2v) is 6.05. The van der Waals surface area contributed by atoms with E-state index in [4.69, 9.17) is 0 Å². The zero-order valence-electron chi connectivity index (χ0n) is 12.4. The Balaban J connectivity index is 1.79. The van der Waals surface area contributed by atoms with Crippen molar-refractivity contribution in [2.75, 3.05) is 0 Å². The Labute approximate surface area is 138 Å². The number of aryl methyl sites for hydroxylation is 1. The van der Waals surface area contributed by atoms with E-state index in [2.05, 4.69) is 21.2 Å². The molecule has 0 fully saturated rings. The van der Waals surface area contributed by atoms with Crippen LogP contribution in [0.4, 0.5) is 0 Å². The first-order chi connectivity index (χ1) is 10.6. The molecule has 0 aliphatic rings. The quantitative estimate of drug-likeness (QED) is 0.791. The summed E-state index contributed by atoms with van der Waals surface area (Å²) in [6.07, 6.45) is 0.433. The van der Waals surface area contributed by atoms with Crippen LogP contribution in [0.2, 0.25) is 0 Å². The van der Waals surface area contributed by atoms with Crippen LogP contribution >= 0.6 is 15.9 Å². The summed E-state index contributed by atoms with van der Waals surface area (Å²) in [5.41, 5.74) is 2.87. The van der Waals surface area contributed by atoms with Crippen LogP contribution in [0.1, 0.15) is 34.3 Å². The van der Waals surface area contributed by atoms with Gasteiger partial charge in [-0.15, -0.1) is 0 Å². The number of hydrogen-bond acceptors (Lipinski definition) is 2. The molecule has 0 bridgehead atoms. The molecule has 2 aromatic rings. The van der Waals surface area contributed by atoms with Gasteiger partial charge in [0.15, 0.2) is 5.78 Å². The highest BCUT2D eigenvalue weighted by atomic mass is 79.9. The maximum atomic E-state index is 12.0. The fourth-order valence-corrected chi connectivity index (χ4v) is 2.36. The van der Waals surface area contributed by atoms with Gasteiger partial charge in [-0.1, -0.05) is 52.3 Å². The van der Waals surface area contributed by atoms with Crippen LogP contribution in [0.25, 0.3) is 0 Å². The standard InChI is InChI=1S/C18H18BrNO2/c1-13-4-2-3-5-15(13)12-20-18(22)11-10-17(21)14-6-8-16(19)9-7-14/h2-9H,10-12H2,1H3,(H,20,22). The third-order valence-corrected chi connectivity index (χ3v) is 4.01. The molecular formula is C18H18BrNO2. The maximum absolute atomic E-state index is 12.0. The fraction of sp³-hybridized carbons (Fsp3) is 0.222. The van der Waals surface area contributed by atoms with Gasteiger partial charge in [0.25, 0.3) is 0 Å². The highest BCUT2D eigenvalue weighted by Crippen LogP contribution is 2.12. The largest absolute Gasteiger partial charge is 0.352 e. The molecule has 114 valence electrons. The Morgan fingerprint density at radius 1 is 1.00 bits per heavy atom. The number of hydrogen-bond donors (Lipinski definition) is 1. The van der Waals surface area contributed by atoms with E-state index in [-0.39, 0.29) is 24.5 Å². The van der Waals surface area contributed by atoms with Gasteiger partial charge in [0.05, 0.1) is 0 Å². The van der Waals surface area contributed by atoms with Crippen molar-refractivity contribution in [3.05, 3.63) is 69.7 Å². The van der Waals surface area contributed by atoms with E-state index in [1.54, 1.807) is 12.1 Å². The van der Waals surface area contributed by atoms with Gasteiger partial charge in [0.1, 0.15) is 0 Å². The van der Waals surface area contributed by atoms with Crippen molar-refractivity contribution in [1.82, 2.24) is 5.32 Å². The lowest BCUT2D eigenvalue weighted by Crippen LogP contribution is -2.23. The molecule has 4 heteroatoms. The van der Waals surface area contributed by atoms with E-state index in [9.17, 15) is 9.59 Å². The average Bonchev–Trinajstić information content (AvgIpc) is 2.52. The van der Waals surface area contributed by atoms with E-state index in [0.29, 0.717) is 12.1 Å². The number of carbonyl (C=O) groups is 2. The van der Waals surface area contributed by atoms with Gasteiger partial charge in [-0.05, 0) is 30.2 Å². The predicted octanol–water partition coefficient (Wildman–Crippen LogP) is 4.04. The molecule has 3 nitrogen and oxygen atoms in total. The molecule has 0 aliphatic carbocycles. The Bertz CT molecular complexity index is 665. The van der Waals surface area contributed by atoms with Crippen LogP contribution in [-0.4, -0.2) is 11.7 Å². The van der Waals surface area contributed by atoms with E-state index < -0.39 is 0 Å². The van der Waals surface area contributed by atoms with Crippen molar-refractivity contribution in [1.29, 1.82) is 0 Å². The minimum Gasteiger partial charge on any atom is -0.352 e. The molecule has 0 heterocycles. The Morgan fingerprint density at radius 2 is 1.68 bits per heavy atom. The fourth-order valence-electron chi connectivity index (χ4n) is 2.10. The molecule has 0 aromatic heterocycles. The van der Waals surface area contributed by atoms with E-state index >= 15 is 0 Å². The molecular weight excluding hydrogens is 342 g/mol. The summed E-state index contributed by atoms with van der Waals surface area (Å²) in [4.78, 5) is 23.8. The van der Waals surface area contributed by atoms with Gasteiger partial charge in [0, 0.05) is 29.4 Å². The van der Waals surface area contributed by atoms with Crippen LogP contribution < -0.4 is 5.32 Å². The minimum atomic E-state index is -0.103. The van der Waals surface area contributed by atoms with Crippen molar-refractivity contribution < 1.29 is 9.59 Å². The monoisotopic (exact) mass is 359 g/mol. The second kappa shape index (κ2) is 7.90. The number of Topliss-reactive ketones (excluding diaryl/α,β-unsaturated/α-hetero) is 1. The van der Waals surface area contributed by atoms with Crippen LogP contribution in [0.3, 0.4) is 0 Å². The average molecular weight is 360 g/mol. The van der Waals surface area contributed by atoms with Crippen molar-refractivity contribution in [3.63, 3.8) is 0 Å². The van der Waals surface area contributed by atoms with E-state index in [1.165, 1.54) is 0 Å². The molecule has 0 saturated carbocycles. The number of rotatable bonds is 6. The van der Waals surface area contributed by atoms with E-state index in [1.807, 2.05) is 43.3 Å². The van der Waals surface area contributed by atoms with Crippen molar-refractivity contribution in [3.8, 4) is 0 Å². The van der Waals surface area contributed by atoms with Gasteiger partial charge < -0.3 is 5.32 Å². The summed E-state index contributed by atoms with van der Waals surface area (Å²) < 4.78 is 0.931. The molecule has 0 unspecified atom stereocenters. The van der Waals surface area contributed by atoms with Crippen LogP contribution in [-0.2, 0) is 11.3 Å². The molecule has 22 heavy (non-hydrogen) atoms. The molecule has 2 aromatic carbocycles. The highest BCUT2D eigenvalue weighted by molar-refractivity contribution is 9.10. The molecule has 1 amide bonds. The molecule has 0 atom stereocenters. The minimum absolute atomic E-state index is 0.0152. The molecule has 0 saturated heterocycles. The van der Waals surface area contributed by atoms with Crippen LogP contribution in [0, 0.1) is 6.92 Å². The number of halogens is 1. The van der Waals surface area contributed by atoms with Crippen molar-refractivity contribution in [2.45, 2.75) is 26.3 Å². The van der Waals surface area contributed by atoms with Gasteiger partial charge in [-0.25, -0.2) is 0 Å². The number of amides is 1. The number of nitrogens with one attached hydrogen (secondary N) is 1. The molecule has 0 radical (unpaired) electrons. The first kappa shape index (κ1) is 16.4. The highest BCUT2D eigenvalue weighted by Gasteiger charge is 2.09. The lowest BCUT2D eigenvalue weighted by atomic mass is 10.1. The summed E-state index contributed by atoms with van der Waals surface area (Å²) in [6.45, 7) is 2.51. The Morgan fingerprint density at radius 3 is 2.36 bits per heavy atom. The van der Waals surface area contributed by atoms with Crippen LogP contribution in [0.5, 0.6) is 0 Å². The smallest absolute Gasteiger partial charge is 0.220 e. The number of carbonyl (C=O) groups excluding carboxylic acids is 2. The van der Waals surface area contributed by atoms with Gasteiger partial charge in [-0.3, -0.25) is 9.59 Å². The zero-order chi connectivity index (χ0) is 15.9. The first-order valence-electron chi connectivity index (χ1n) is 7.16. The Kier molecular flexibility index (Phi) is 5.90. The molecule has 0 aliphatic heterocycles. The summed E-state index contributed by atoms with van der Waals surface area (Å²) >= 11 is 3.33. The van der Waals surface area contributed by atoms with E-state index in [0.717, 1.165) is 15.6 Å². The summed E-state index contributed by atoms with van der Waals surface area (Å²) in [7, 11) is 0. The summed E-state index contributed by atoms with van der Waals surface area (Å²) in [6, 6.07) is 15.1. The van der Waals surface area contributed by atoms with Gasteiger partial charge in [-0.2, -0.15) is 0 Å². The van der Waals surface area contributed by atoms with Crippen molar-refractivity contribution >= 4 is 27.6 Å². The van der Waals surface area contributed by atoms with Gasteiger partial charge >= 0.3 is 0 Å². The predicted molar refractivity (Wildman–Crippen MR) is 90.7 cm³/mol. The third-order valence-electron chi connectivity index (χ3n) is 3.48. The maximum Gasteiger partial charge on any atom is 0.220 e. The molecule has 0 spiro atoms. The normalized spacial score (nSPS) is 10.3. The third kappa shape index (κ3) is 4.81. The summed E-state index contributed by atoms with van der Waals surface area (Å²) in [5, 5.41) is 2.86. The molecule has 2 rings (SSSR count). The molecule has 1 N–H and O–H groups in total. The lowest BCUT2D eigenvalue weighted by molar-refractivity contribution is -0.121. The SMILES string of the molecule is Cc1ccccc1CNC(=O)CCC(=O)c1ccc(Br)cc1. The van der Waals surface area contributed by atoms with Crippen LogP contribution in [0.15, 0.2) is 53.0 Å².